The summed E-state index contributed by atoms with van der Waals surface area (Å²) in [6.07, 6.45) is 2.04. The lowest BCUT2D eigenvalue weighted by Gasteiger charge is -2.15. The molecule has 1 fully saturated rings. The van der Waals surface area contributed by atoms with E-state index in [4.69, 9.17) is 0 Å². The molecule has 2 aromatic rings. The first-order valence-electron chi connectivity index (χ1n) is 8.09. The second kappa shape index (κ2) is 6.55. The van der Waals surface area contributed by atoms with Crippen molar-refractivity contribution in [3.8, 4) is 0 Å². The van der Waals surface area contributed by atoms with Crippen molar-refractivity contribution in [3.05, 3.63) is 65.2 Å². The molecule has 0 unspecified atom stereocenters. The van der Waals surface area contributed by atoms with Gasteiger partial charge >= 0.3 is 0 Å². The molecule has 1 aromatic heterocycles. The Balaban J connectivity index is 2.06. The predicted molar refractivity (Wildman–Crippen MR) is 96.1 cm³/mol. The molecule has 0 aliphatic heterocycles. The SMILES string of the molecule is CC(C)(C)[S@](=O)/N=C(\c1ccccc1)c1ccc(C2CC2)c(F)n1. The molecule has 3 nitrogen and oxygen atoms in total. The zero-order valence-electron chi connectivity index (χ0n) is 14.1. The van der Waals surface area contributed by atoms with Crippen LogP contribution in [0, 0.1) is 5.95 Å². The van der Waals surface area contributed by atoms with Gasteiger partial charge in [0, 0.05) is 11.1 Å². The molecule has 0 bridgehead atoms. The number of hydrogen-bond acceptors (Lipinski definition) is 2. The molecule has 1 heterocycles. The third-order valence-corrected chi connectivity index (χ3v) is 5.28. The third-order valence-electron chi connectivity index (χ3n) is 3.88. The maximum Gasteiger partial charge on any atom is 0.216 e. The van der Waals surface area contributed by atoms with Crippen molar-refractivity contribution >= 4 is 16.7 Å². The minimum absolute atomic E-state index is 0.298. The van der Waals surface area contributed by atoms with Crippen molar-refractivity contribution < 1.29 is 8.60 Å². The molecule has 1 aromatic carbocycles. The van der Waals surface area contributed by atoms with Gasteiger partial charge in [-0.3, -0.25) is 0 Å². The molecule has 0 amide bonds. The van der Waals surface area contributed by atoms with Crippen LogP contribution in [0.15, 0.2) is 46.9 Å². The quantitative estimate of drug-likeness (QED) is 0.609. The molecule has 5 heteroatoms. The fraction of sp³-hybridized carbons (Fsp3) is 0.368. The molecule has 1 aliphatic rings. The van der Waals surface area contributed by atoms with Crippen LogP contribution < -0.4 is 0 Å². The Morgan fingerprint density at radius 3 is 2.38 bits per heavy atom. The number of pyridine rings is 1. The van der Waals surface area contributed by atoms with Gasteiger partial charge in [0.15, 0.2) is 0 Å². The van der Waals surface area contributed by atoms with E-state index in [0.29, 0.717) is 22.9 Å². The third kappa shape index (κ3) is 3.78. The first-order chi connectivity index (χ1) is 11.4. The van der Waals surface area contributed by atoms with Gasteiger partial charge in [-0.25, -0.2) is 9.19 Å². The van der Waals surface area contributed by atoms with Crippen molar-refractivity contribution in [1.82, 2.24) is 4.98 Å². The molecule has 3 rings (SSSR count). The molecule has 1 atom stereocenters. The van der Waals surface area contributed by atoms with Crippen molar-refractivity contribution in [3.63, 3.8) is 0 Å². The van der Waals surface area contributed by atoms with Crippen LogP contribution in [0.3, 0.4) is 0 Å². The minimum Gasteiger partial charge on any atom is -0.234 e. The van der Waals surface area contributed by atoms with E-state index in [1.165, 1.54) is 0 Å². The van der Waals surface area contributed by atoms with Crippen LogP contribution in [0.5, 0.6) is 0 Å². The lowest BCUT2D eigenvalue weighted by atomic mass is 10.1. The number of benzene rings is 1. The maximum atomic E-state index is 14.3. The second-order valence-electron chi connectivity index (χ2n) is 7.02. The predicted octanol–water partition coefficient (Wildman–Crippen LogP) is 4.40. The van der Waals surface area contributed by atoms with Crippen LogP contribution in [0.1, 0.15) is 56.4 Å². The van der Waals surface area contributed by atoms with E-state index < -0.39 is 21.7 Å². The average Bonchev–Trinajstić information content (AvgIpc) is 3.37. The lowest BCUT2D eigenvalue weighted by molar-refractivity contribution is 0.566. The highest BCUT2D eigenvalue weighted by Gasteiger charge is 2.28. The number of aromatic nitrogens is 1. The molecule has 1 saturated carbocycles. The van der Waals surface area contributed by atoms with E-state index >= 15 is 0 Å². The molecule has 1 aliphatic carbocycles. The van der Waals surface area contributed by atoms with Gasteiger partial charge in [-0.05, 0) is 45.6 Å². The molecular weight excluding hydrogens is 323 g/mol. The van der Waals surface area contributed by atoms with Gasteiger partial charge in [0.05, 0.1) is 10.4 Å². The van der Waals surface area contributed by atoms with Gasteiger partial charge in [0.25, 0.3) is 0 Å². The maximum absolute atomic E-state index is 14.3. The summed E-state index contributed by atoms with van der Waals surface area (Å²) in [7, 11) is -1.45. The highest BCUT2D eigenvalue weighted by molar-refractivity contribution is 7.85. The normalized spacial score (nSPS) is 16.9. The van der Waals surface area contributed by atoms with Crippen LogP contribution in [-0.4, -0.2) is 19.7 Å². The number of halogens is 1. The Kier molecular flexibility index (Phi) is 4.63. The first-order valence-corrected chi connectivity index (χ1v) is 9.20. The monoisotopic (exact) mass is 344 g/mol. The lowest BCUT2D eigenvalue weighted by Crippen LogP contribution is -2.22. The van der Waals surface area contributed by atoms with Gasteiger partial charge in [0.1, 0.15) is 16.7 Å². The molecular formula is C19H21FN2OS. The Bertz CT molecular complexity index is 793. The zero-order chi connectivity index (χ0) is 17.3. The highest BCUT2D eigenvalue weighted by Crippen LogP contribution is 2.40. The fourth-order valence-corrected chi connectivity index (χ4v) is 2.98. The Morgan fingerprint density at radius 1 is 1.17 bits per heavy atom. The summed E-state index contributed by atoms with van der Waals surface area (Å²) in [5.74, 6) is -0.146. The fourth-order valence-electron chi connectivity index (χ4n) is 2.34. The van der Waals surface area contributed by atoms with Crippen molar-refractivity contribution in [2.75, 3.05) is 0 Å². The molecule has 0 spiro atoms. The Morgan fingerprint density at radius 2 is 1.83 bits per heavy atom. The second-order valence-corrected chi connectivity index (χ2v) is 8.92. The van der Waals surface area contributed by atoms with E-state index in [1.807, 2.05) is 51.1 Å². The van der Waals surface area contributed by atoms with E-state index in [9.17, 15) is 8.60 Å². The van der Waals surface area contributed by atoms with E-state index in [-0.39, 0.29) is 0 Å². The Hall–Kier alpha value is -1.88. The van der Waals surface area contributed by atoms with Gasteiger partial charge in [0.2, 0.25) is 5.95 Å². The van der Waals surface area contributed by atoms with Crippen molar-refractivity contribution in [1.29, 1.82) is 0 Å². The molecule has 126 valence electrons. The summed E-state index contributed by atoms with van der Waals surface area (Å²) in [5.41, 5.74) is 2.33. The molecule has 0 N–H and O–H groups in total. The van der Waals surface area contributed by atoms with E-state index in [0.717, 1.165) is 18.4 Å². The highest BCUT2D eigenvalue weighted by atomic mass is 32.2. The summed E-state index contributed by atoms with van der Waals surface area (Å²) < 4.78 is 30.7. The van der Waals surface area contributed by atoms with Crippen LogP contribution in [0.4, 0.5) is 4.39 Å². The van der Waals surface area contributed by atoms with Crippen LogP contribution in [-0.2, 0) is 11.0 Å². The van der Waals surface area contributed by atoms with Crippen molar-refractivity contribution in [2.45, 2.75) is 44.3 Å². The summed E-state index contributed by atoms with van der Waals surface area (Å²) >= 11 is 0. The summed E-state index contributed by atoms with van der Waals surface area (Å²) in [5, 5.41) is 0. The molecule has 24 heavy (non-hydrogen) atoms. The van der Waals surface area contributed by atoms with Crippen molar-refractivity contribution in [2.24, 2.45) is 4.40 Å². The smallest absolute Gasteiger partial charge is 0.216 e. The average molecular weight is 344 g/mol. The summed E-state index contributed by atoms with van der Waals surface area (Å²) in [6, 6.07) is 12.9. The minimum atomic E-state index is -1.45. The first kappa shape index (κ1) is 17.0. The van der Waals surface area contributed by atoms with Gasteiger partial charge in [-0.15, -0.1) is 0 Å². The summed E-state index contributed by atoms with van der Waals surface area (Å²) in [6.45, 7) is 5.58. The van der Waals surface area contributed by atoms with Crippen LogP contribution in [0.2, 0.25) is 0 Å². The Labute approximate surface area is 144 Å². The van der Waals surface area contributed by atoms with Crippen LogP contribution in [0.25, 0.3) is 0 Å². The van der Waals surface area contributed by atoms with Gasteiger partial charge < -0.3 is 0 Å². The van der Waals surface area contributed by atoms with E-state index in [2.05, 4.69) is 9.38 Å². The largest absolute Gasteiger partial charge is 0.234 e. The van der Waals surface area contributed by atoms with Gasteiger partial charge in [-0.2, -0.15) is 8.79 Å². The zero-order valence-corrected chi connectivity index (χ0v) is 14.9. The summed E-state index contributed by atoms with van der Waals surface area (Å²) in [4.78, 5) is 4.11. The topological polar surface area (TPSA) is 42.3 Å². The van der Waals surface area contributed by atoms with Gasteiger partial charge in [-0.1, -0.05) is 36.4 Å². The standard InChI is InChI=1S/C19H21FN2OS/c1-19(2,3)24(23)22-17(14-7-5-4-6-8-14)16-12-11-15(13-9-10-13)18(20)21-16/h4-8,11-13H,9-10H2,1-3H3/b22-17+/t24-/m0/s1. The number of rotatable bonds is 4. The molecule has 0 saturated heterocycles. The van der Waals surface area contributed by atoms with Crippen LogP contribution >= 0.6 is 0 Å². The number of nitrogens with zero attached hydrogens (tertiary/aromatic N) is 2. The van der Waals surface area contributed by atoms with E-state index in [1.54, 1.807) is 12.1 Å². The molecule has 0 radical (unpaired) electrons. The number of hydrogen-bond donors (Lipinski definition) is 0.